The minimum Gasteiger partial charge on any atom is -0.496 e. The summed E-state index contributed by atoms with van der Waals surface area (Å²) < 4.78 is 5.43. The molecule has 0 bridgehead atoms. The Balaban J connectivity index is 2.13. The number of halogens is 1. The predicted octanol–water partition coefficient (Wildman–Crippen LogP) is 4.58. The van der Waals surface area contributed by atoms with Gasteiger partial charge in [-0.1, -0.05) is 29.8 Å². The number of hydrogen-bond acceptors (Lipinski definition) is 2. The lowest BCUT2D eigenvalue weighted by Gasteiger charge is -2.14. The van der Waals surface area contributed by atoms with Crippen molar-refractivity contribution in [3.8, 4) is 5.75 Å². The van der Waals surface area contributed by atoms with E-state index in [0.29, 0.717) is 0 Å². The fourth-order valence-corrected chi connectivity index (χ4v) is 2.26. The van der Waals surface area contributed by atoms with Gasteiger partial charge in [0.1, 0.15) is 5.75 Å². The molecular formula is C16H18ClNO. The maximum Gasteiger partial charge on any atom is 0.126 e. The van der Waals surface area contributed by atoms with Crippen LogP contribution in [-0.4, -0.2) is 7.11 Å². The second kappa shape index (κ2) is 5.98. The molecule has 100 valence electrons. The zero-order valence-electron chi connectivity index (χ0n) is 11.5. The third-order valence-electron chi connectivity index (χ3n) is 3.20. The summed E-state index contributed by atoms with van der Waals surface area (Å²) in [6.07, 6.45) is 0. The number of benzene rings is 2. The molecule has 0 unspecified atom stereocenters. The van der Waals surface area contributed by atoms with Crippen LogP contribution in [0.1, 0.15) is 16.7 Å². The SMILES string of the molecule is COc1c(C)ccc(NCc2ccc(Cl)cc2)c1C. The summed E-state index contributed by atoms with van der Waals surface area (Å²) in [5, 5.41) is 4.19. The average molecular weight is 276 g/mol. The Bertz CT molecular complexity index is 564. The van der Waals surface area contributed by atoms with Gasteiger partial charge in [-0.05, 0) is 43.2 Å². The molecule has 0 aliphatic rings. The minimum absolute atomic E-state index is 0.761. The highest BCUT2D eigenvalue weighted by molar-refractivity contribution is 6.30. The lowest BCUT2D eigenvalue weighted by molar-refractivity contribution is 0.409. The summed E-state index contributed by atoms with van der Waals surface area (Å²) in [6, 6.07) is 12.0. The fourth-order valence-electron chi connectivity index (χ4n) is 2.13. The van der Waals surface area contributed by atoms with Gasteiger partial charge in [0, 0.05) is 22.8 Å². The van der Waals surface area contributed by atoms with Gasteiger partial charge in [-0.25, -0.2) is 0 Å². The molecule has 2 nitrogen and oxygen atoms in total. The zero-order chi connectivity index (χ0) is 13.8. The Morgan fingerprint density at radius 2 is 1.74 bits per heavy atom. The van der Waals surface area contributed by atoms with Gasteiger partial charge in [-0.15, -0.1) is 0 Å². The van der Waals surface area contributed by atoms with Crippen molar-refractivity contribution < 1.29 is 4.74 Å². The Hall–Kier alpha value is -1.67. The number of methoxy groups -OCH3 is 1. The van der Waals surface area contributed by atoms with Crippen molar-refractivity contribution in [3.05, 3.63) is 58.1 Å². The van der Waals surface area contributed by atoms with Crippen LogP contribution in [0.15, 0.2) is 36.4 Å². The molecular weight excluding hydrogens is 258 g/mol. The minimum atomic E-state index is 0.761. The number of anilines is 1. The van der Waals surface area contributed by atoms with Crippen LogP contribution in [-0.2, 0) is 6.54 Å². The molecule has 0 fully saturated rings. The first-order chi connectivity index (χ1) is 9.11. The van der Waals surface area contributed by atoms with Gasteiger partial charge in [-0.2, -0.15) is 0 Å². The monoisotopic (exact) mass is 275 g/mol. The van der Waals surface area contributed by atoms with E-state index < -0.39 is 0 Å². The van der Waals surface area contributed by atoms with Crippen molar-refractivity contribution in [1.29, 1.82) is 0 Å². The van der Waals surface area contributed by atoms with Gasteiger partial charge < -0.3 is 10.1 Å². The molecule has 0 aliphatic carbocycles. The van der Waals surface area contributed by atoms with Crippen molar-refractivity contribution in [2.45, 2.75) is 20.4 Å². The van der Waals surface area contributed by atoms with Crippen molar-refractivity contribution in [2.75, 3.05) is 12.4 Å². The first kappa shape index (κ1) is 13.8. The first-order valence-electron chi connectivity index (χ1n) is 6.24. The van der Waals surface area contributed by atoms with Crippen molar-refractivity contribution in [2.24, 2.45) is 0 Å². The number of aryl methyl sites for hydroxylation is 1. The van der Waals surface area contributed by atoms with E-state index in [1.165, 1.54) is 5.56 Å². The molecule has 0 spiro atoms. The number of ether oxygens (including phenoxy) is 1. The smallest absolute Gasteiger partial charge is 0.126 e. The number of hydrogen-bond donors (Lipinski definition) is 1. The van der Waals surface area contributed by atoms with Gasteiger partial charge in [-0.3, -0.25) is 0 Å². The normalized spacial score (nSPS) is 10.3. The Morgan fingerprint density at radius 3 is 2.37 bits per heavy atom. The van der Waals surface area contributed by atoms with Gasteiger partial charge >= 0.3 is 0 Å². The topological polar surface area (TPSA) is 21.3 Å². The largest absolute Gasteiger partial charge is 0.496 e. The Labute approximate surface area is 119 Å². The van der Waals surface area contributed by atoms with E-state index in [4.69, 9.17) is 16.3 Å². The molecule has 0 saturated carbocycles. The molecule has 0 atom stereocenters. The van der Waals surface area contributed by atoms with Gasteiger partial charge in [0.05, 0.1) is 7.11 Å². The van der Waals surface area contributed by atoms with Crippen LogP contribution in [0.4, 0.5) is 5.69 Å². The summed E-state index contributed by atoms with van der Waals surface area (Å²) in [4.78, 5) is 0. The average Bonchev–Trinajstić information content (AvgIpc) is 2.40. The summed E-state index contributed by atoms with van der Waals surface area (Å²) in [7, 11) is 1.71. The maximum absolute atomic E-state index is 5.87. The summed E-state index contributed by atoms with van der Waals surface area (Å²) in [5.41, 5.74) is 4.58. The van der Waals surface area contributed by atoms with Crippen LogP contribution in [0, 0.1) is 13.8 Å². The highest BCUT2D eigenvalue weighted by Gasteiger charge is 2.07. The van der Waals surface area contributed by atoms with E-state index in [1.54, 1.807) is 7.11 Å². The highest BCUT2D eigenvalue weighted by atomic mass is 35.5. The van der Waals surface area contributed by atoms with Crippen LogP contribution in [0.25, 0.3) is 0 Å². The zero-order valence-corrected chi connectivity index (χ0v) is 12.2. The maximum atomic E-state index is 5.87. The van der Waals surface area contributed by atoms with Crippen LogP contribution in [0.5, 0.6) is 5.75 Å². The molecule has 2 rings (SSSR count). The van der Waals surface area contributed by atoms with E-state index in [2.05, 4.69) is 31.3 Å². The summed E-state index contributed by atoms with van der Waals surface area (Å²) >= 11 is 5.87. The quantitative estimate of drug-likeness (QED) is 0.882. The Kier molecular flexibility index (Phi) is 4.33. The third kappa shape index (κ3) is 3.21. The van der Waals surface area contributed by atoms with E-state index in [9.17, 15) is 0 Å². The van der Waals surface area contributed by atoms with Crippen molar-refractivity contribution >= 4 is 17.3 Å². The molecule has 0 heterocycles. The number of rotatable bonds is 4. The van der Waals surface area contributed by atoms with Gasteiger partial charge in [0.15, 0.2) is 0 Å². The lowest BCUT2D eigenvalue weighted by atomic mass is 10.1. The molecule has 2 aromatic rings. The van der Waals surface area contributed by atoms with E-state index in [-0.39, 0.29) is 0 Å². The predicted molar refractivity (Wildman–Crippen MR) is 81.2 cm³/mol. The highest BCUT2D eigenvalue weighted by Crippen LogP contribution is 2.29. The number of nitrogens with one attached hydrogen (secondary N) is 1. The molecule has 19 heavy (non-hydrogen) atoms. The summed E-state index contributed by atoms with van der Waals surface area (Å²) in [5.74, 6) is 0.945. The molecule has 1 N–H and O–H groups in total. The van der Waals surface area contributed by atoms with E-state index >= 15 is 0 Å². The summed E-state index contributed by atoms with van der Waals surface area (Å²) in [6.45, 7) is 4.88. The third-order valence-corrected chi connectivity index (χ3v) is 3.46. The molecule has 0 radical (unpaired) electrons. The van der Waals surface area contributed by atoms with Crippen molar-refractivity contribution in [1.82, 2.24) is 0 Å². The van der Waals surface area contributed by atoms with E-state index in [1.807, 2.05) is 24.3 Å². The van der Waals surface area contributed by atoms with Gasteiger partial charge in [0.2, 0.25) is 0 Å². The molecule has 2 aromatic carbocycles. The molecule has 3 heteroatoms. The van der Waals surface area contributed by atoms with E-state index in [0.717, 1.165) is 34.1 Å². The van der Waals surface area contributed by atoms with Crippen LogP contribution >= 0.6 is 11.6 Å². The van der Waals surface area contributed by atoms with Crippen molar-refractivity contribution in [3.63, 3.8) is 0 Å². The van der Waals surface area contributed by atoms with Crippen LogP contribution in [0.2, 0.25) is 5.02 Å². The van der Waals surface area contributed by atoms with Crippen LogP contribution < -0.4 is 10.1 Å². The van der Waals surface area contributed by atoms with Gasteiger partial charge in [0.25, 0.3) is 0 Å². The standard InChI is InChI=1S/C16H18ClNO/c1-11-4-9-15(12(2)16(11)19-3)18-10-13-5-7-14(17)8-6-13/h4-9,18H,10H2,1-3H3. The molecule has 0 saturated heterocycles. The Morgan fingerprint density at radius 1 is 1.05 bits per heavy atom. The lowest BCUT2D eigenvalue weighted by Crippen LogP contribution is -2.02. The fraction of sp³-hybridized carbons (Fsp3) is 0.250. The molecule has 0 amide bonds. The molecule has 0 aromatic heterocycles. The second-order valence-corrected chi connectivity index (χ2v) is 5.00. The first-order valence-corrected chi connectivity index (χ1v) is 6.62. The molecule has 0 aliphatic heterocycles. The van der Waals surface area contributed by atoms with Crippen LogP contribution in [0.3, 0.4) is 0 Å². The second-order valence-electron chi connectivity index (χ2n) is 4.57.